The van der Waals surface area contributed by atoms with Gasteiger partial charge >= 0.3 is 5.97 Å². The number of allylic oxidation sites excluding steroid dienone is 1. The molecule has 0 aromatic carbocycles. The topological polar surface area (TPSA) is 59.0 Å². The number of rotatable bonds is 6. The van der Waals surface area contributed by atoms with Crippen molar-refractivity contribution in [3.05, 3.63) is 24.3 Å². The third-order valence-electron chi connectivity index (χ3n) is 4.59. The van der Waals surface area contributed by atoms with E-state index in [1.807, 2.05) is 37.8 Å². The lowest BCUT2D eigenvalue weighted by molar-refractivity contribution is -0.150. The molecule has 0 radical (unpaired) electrons. The van der Waals surface area contributed by atoms with Crippen molar-refractivity contribution in [1.82, 2.24) is 4.90 Å². The van der Waals surface area contributed by atoms with Crippen LogP contribution in [-0.2, 0) is 14.3 Å². The van der Waals surface area contributed by atoms with Crippen molar-refractivity contribution in [2.45, 2.75) is 70.4 Å². The Labute approximate surface area is 150 Å². The predicted octanol–water partition coefficient (Wildman–Crippen LogP) is 3.45. The Balaban J connectivity index is 1.97. The molecule has 25 heavy (non-hydrogen) atoms. The van der Waals surface area contributed by atoms with Crippen molar-refractivity contribution in [2.24, 2.45) is 4.99 Å². The maximum atomic E-state index is 12.4. The zero-order valence-electron chi connectivity index (χ0n) is 15.7. The molecular weight excluding hydrogens is 316 g/mol. The van der Waals surface area contributed by atoms with Gasteiger partial charge in [0.15, 0.2) is 0 Å². The van der Waals surface area contributed by atoms with E-state index >= 15 is 0 Å². The van der Waals surface area contributed by atoms with Crippen molar-refractivity contribution in [3.8, 4) is 0 Å². The number of hydrogen-bond donors (Lipinski definition) is 0. The summed E-state index contributed by atoms with van der Waals surface area (Å²) in [5.74, 6) is -0.176. The predicted molar refractivity (Wildman–Crippen MR) is 99.6 cm³/mol. The van der Waals surface area contributed by atoms with Crippen LogP contribution in [0.3, 0.4) is 0 Å². The number of aliphatic imine (C=N–C) groups is 1. The number of amides is 1. The molecule has 0 aromatic rings. The molecule has 0 aromatic heterocycles. The standard InChI is InChI=1S/C20H30N2O3/c1-16(18(24)25-19(2,3)4)20(11-8-13-21-20)12-9-15-22-14-7-5-6-10-17(22)23/h8,11,13H,1,5-7,9-10,12,14-15H2,2-4H3. The minimum Gasteiger partial charge on any atom is -0.457 e. The van der Waals surface area contributed by atoms with E-state index in [1.165, 1.54) is 0 Å². The molecular formula is C20H30N2O3. The normalized spacial score (nSPS) is 23.6. The minimum absolute atomic E-state index is 0.239. The molecule has 1 atom stereocenters. The molecule has 5 heteroatoms. The van der Waals surface area contributed by atoms with Gasteiger partial charge in [-0.3, -0.25) is 9.79 Å². The fraction of sp³-hybridized carbons (Fsp3) is 0.650. The summed E-state index contributed by atoms with van der Waals surface area (Å²) in [5.41, 5.74) is -0.947. The first-order valence-electron chi connectivity index (χ1n) is 9.17. The van der Waals surface area contributed by atoms with Gasteiger partial charge in [0.1, 0.15) is 11.1 Å². The van der Waals surface area contributed by atoms with Gasteiger partial charge in [0, 0.05) is 25.7 Å². The van der Waals surface area contributed by atoms with Gasteiger partial charge in [-0.2, -0.15) is 0 Å². The van der Waals surface area contributed by atoms with E-state index in [9.17, 15) is 9.59 Å². The van der Waals surface area contributed by atoms with Crippen LogP contribution in [0.15, 0.2) is 29.3 Å². The zero-order chi connectivity index (χ0) is 18.5. The largest absolute Gasteiger partial charge is 0.457 e. The highest BCUT2D eigenvalue weighted by Crippen LogP contribution is 2.32. The maximum Gasteiger partial charge on any atom is 0.336 e. The van der Waals surface area contributed by atoms with Gasteiger partial charge in [0.2, 0.25) is 5.91 Å². The van der Waals surface area contributed by atoms with Crippen LogP contribution >= 0.6 is 0 Å². The van der Waals surface area contributed by atoms with Crippen LogP contribution in [0.1, 0.15) is 59.3 Å². The molecule has 2 heterocycles. The average Bonchev–Trinajstić information content (AvgIpc) is 2.91. The van der Waals surface area contributed by atoms with Gasteiger partial charge < -0.3 is 9.64 Å². The number of likely N-dealkylation sites (tertiary alicyclic amines) is 1. The Morgan fingerprint density at radius 2 is 2.12 bits per heavy atom. The molecule has 1 fully saturated rings. The van der Waals surface area contributed by atoms with E-state index in [2.05, 4.69) is 11.6 Å². The summed E-state index contributed by atoms with van der Waals surface area (Å²) in [7, 11) is 0. The van der Waals surface area contributed by atoms with E-state index in [0.717, 1.165) is 32.2 Å². The monoisotopic (exact) mass is 346 g/mol. The second kappa shape index (κ2) is 7.98. The number of carbonyl (C=O) groups excluding carboxylic acids is 2. The van der Waals surface area contributed by atoms with Crippen LogP contribution in [0, 0.1) is 0 Å². The van der Waals surface area contributed by atoms with E-state index in [0.29, 0.717) is 25.0 Å². The molecule has 1 amide bonds. The molecule has 0 N–H and O–H groups in total. The Morgan fingerprint density at radius 1 is 1.36 bits per heavy atom. The lowest BCUT2D eigenvalue weighted by Gasteiger charge is -2.29. The van der Waals surface area contributed by atoms with Gasteiger partial charge in [-0.15, -0.1) is 0 Å². The second-order valence-electron chi connectivity index (χ2n) is 7.84. The van der Waals surface area contributed by atoms with Gasteiger partial charge in [0.05, 0.1) is 5.57 Å². The first-order chi connectivity index (χ1) is 11.7. The lowest BCUT2D eigenvalue weighted by Crippen LogP contribution is -2.36. The van der Waals surface area contributed by atoms with E-state index in [4.69, 9.17) is 4.74 Å². The summed E-state index contributed by atoms with van der Waals surface area (Å²) in [4.78, 5) is 31.0. The molecule has 0 spiro atoms. The smallest absolute Gasteiger partial charge is 0.336 e. The Bertz CT molecular complexity index is 572. The van der Waals surface area contributed by atoms with Crippen molar-refractivity contribution in [2.75, 3.05) is 13.1 Å². The third-order valence-corrected chi connectivity index (χ3v) is 4.59. The minimum atomic E-state index is -0.739. The molecule has 0 bridgehead atoms. The maximum absolute atomic E-state index is 12.4. The Morgan fingerprint density at radius 3 is 2.76 bits per heavy atom. The molecule has 0 aliphatic carbocycles. The number of ether oxygens (including phenoxy) is 1. The highest BCUT2D eigenvalue weighted by atomic mass is 16.6. The number of hydrogen-bond acceptors (Lipinski definition) is 4. The van der Waals surface area contributed by atoms with Gasteiger partial charge in [-0.25, -0.2) is 4.79 Å². The summed E-state index contributed by atoms with van der Waals surface area (Å²) >= 11 is 0. The van der Waals surface area contributed by atoms with Crippen LogP contribution in [0.5, 0.6) is 0 Å². The summed E-state index contributed by atoms with van der Waals surface area (Å²) in [6.07, 6.45) is 10.7. The molecule has 138 valence electrons. The third kappa shape index (κ3) is 5.28. The first kappa shape index (κ1) is 19.4. The fourth-order valence-electron chi connectivity index (χ4n) is 3.23. The van der Waals surface area contributed by atoms with Crippen LogP contribution in [0.4, 0.5) is 0 Å². The van der Waals surface area contributed by atoms with Crippen molar-refractivity contribution in [3.63, 3.8) is 0 Å². The zero-order valence-corrected chi connectivity index (χ0v) is 15.7. The molecule has 2 aliphatic heterocycles. The number of nitrogens with zero attached hydrogens (tertiary/aromatic N) is 2. The van der Waals surface area contributed by atoms with E-state index < -0.39 is 17.1 Å². The molecule has 0 saturated carbocycles. The van der Waals surface area contributed by atoms with Crippen LogP contribution in [0.2, 0.25) is 0 Å². The van der Waals surface area contributed by atoms with Crippen LogP contribution < -0.4 is 0 Å². The van der Waals surface area contributed by atoms with Gasteiger partial charge in [-0.05, 0) is 52.5 Å². The average molecular weight is 346 g/mol. The molecule has 2 rings (SSSR count). The Hall–Kier alpha value is -1.91. The summed E-state index contributed by atoms with van der Waals surface area (Å²) < 4.78 is 5.46. The first-order valence-corrected chi connectivity index (χ1v) is 9.17. The van der Waals surface area contributed by atoms with E-state index in [1.54, 1.807) is 6.21 Å². The highest BCUT2D eigenvalue weighted by molar-refractivity contribution is 5.93. The summed E-state index contributed by atoms with van der Waals surface area (Å²) in [6, 6.07) is 0. The molecule has 1 saturated heterocycles. The molecule has 5 nitrogen and oxygen atoms in total. The lowest BCUT2D eigenvalue weighted by atomic mass is 9.86. The summed E-state index contributed by atoms with van der Waals surface area (Å²) in [5, 5.41) is 0. The molecule has 2 aliphatic rings. The SMILES string of the molecule is C=C(C(=O)OC(C)(C)C)C1(CCCN2CCCCCC2=O)C=CC=N1. The second-order valence-corrected chi connectivity index (χ2v) is 7.84. The van der Waals surface area contributed by atoms with Crippen LogP contribution in [0.25, 0.3) is 0 Å². The Kier molecular flexibility index (Phi) is 6.20. The quantitative estimate of drug-likeness (QED) is 0.547. The van der Waals surface area contributed by atoms with Crippen molar-refractivity contribution >= 4 is 18.1 Å². The number of carbonyl (C=O) groups is 2. The fourth-order valence-corrected chi connectivity index (χ4v) is 3.23. The highest BCUT2D eigenvalue weighted by Gasteiger charge is 2.37. The van der Waals surface area contributed by atoms with Crippen molar-refractivity contribution in [1.29, 1.82) is 0 Å². The van der Waals surface area contributed by atoms with E-state index in [-0.39, 0.29) is 5.91 Å². The van der Waals surface area contributed by atoms with Gasteiger partial charge in [0.25, 0.3) is 0 Å². The van der Waals surface area contributed by atoms with Crippen LogP contribution in [-0.4, -0.2) is 47.2 Å². The van der Waals surface area contributed by atoms with Crippen molar-refractivity contribution < 1.29 is 14.3 Å². The summed E-state index contributed by atoms with van der Waals surface area (Å²) in [6.45, 7) is 11.0. The number of esters is 1. The van der Waals surface area contributed by atoms with Gasteiger partial charge in [-0.1, -0.05) is 19.1 Å². The molecule has 1 unspecified atom stereocenters.